The van der Waals surface area contributed by atoms with E-state index in [0.29, 0.717) is 6.54 Å². The highest BCUT2D eigenvalue weighted by Crippen LogP contribution is 2.22. The lowest BCUT2D eigenvalue weighted by Crippen LogP contribution is -3.00. The van der Waals surface area contributed by atoms with Crippen molar-refractivity contribution in [2.75, 3.05) is 18.4 Å². The van der Waals surface area contributed by atoms with E-state index >= 15 is 0 Å². The minimum atomic E-state index is 0. The zero-order chi connectivity index (χ0) is 9.80. The molecule has 0 fully saturated rings. The van der Waals surface area contributed by atoms with Gasteiger partial charge in [-0.2, -0.15) is 0 Å². The molecule has 0 aromatic heterocycles. The van der Waals surface area contributed by atoms with E-state index in [2.05, 4.69) is 47.8 Å². The van der Waals surface area contributed by atoms with Crippen LogP contribution in [0.25, 0.3) is 10.8 Å². The summed E-state index contributed by atoms with van der Waals surface area (Å²) in [7, 11) is 0. The van der Waals surface area contributed by atoms with Crippen LogP contribution in [-0.2, 0) is 0 Å². The van der Waals surface area contributed by atoms with Crippen LogP contribution in [0.5, 0.6) is 0 Å². The maximum atomic E-state index is 5.46. The first-order valence-corrected chi connectivity index (χ1v) is 4.83. The molecule has 2 aromatic rings. The number of anilines is 1. The maximum Gasteiger partial charge on any atom is 0.0420 e. The van der Waals surface area contributed by atoms with Crippen LogP contribution in [0.4, 0.5) is 5.69 Å². The second-order valence-electron chi connectivity index (χ2n) is 3.24. The Balaban J connectivity index is 0.00000112. The lowest BCUT2D eigenvalue weighted by molar-refractivity contribution is -0.00000281. The number of rotatable bonds is 3. The van der Waals surface area contributed by atoms with Gasteiger partial charge >= 0.3 is 0 Å². The third-order valence-corrected chi connectivity index (χ3v) is 2.25. The summed E-state index contributed by atoms with van der Waals surface area (Å²) in [6.07, 6.45) is 0. The minimum absolute atomic E-state index is 0. The molecule has 2 rings (SSSR count). The fourth-order valence-electron chi connectivity index (χ4n) is 1.59. The molecule has 0 amide bonds. The first kappa shape index (κ1) is 11.8. The SMILES string of the molecule is NCCNc1cccc2ccccc12.[Cl-]. The zero-order valence-electron chi connectivity index (χ0n) is 8.41. The Hall–Kier alpha value is -1.25. The Morgan fingerprint density at radius 3 is 2.53 bits per heavy atom. The van der Waals surface area contributed by atoms with Crippen molar-refractivity contribution in [2.24, 2.45) is 5.73 Å². The fraction of sp³-hybridized carbons (Fsp3) is 0.167. The summed E-state index contributed by atoms with van der Waals surface area (Å²) in [4.78, 5) is 0. The average Bonchev–Trinajstić information content (AvgIpc) is 2.26. The molecule has 0 spiro atoms. The van der Waals surface area contributed by atoms with E-state index in [-0.39, 0.29) is 12.4 Å². The van der Waals surface area contributed by atoms with E-state index in [1.165, 1.54) is 10.8 Å². The Morgan fingerprint density at radius 1 is 1.00 bits per heavy atom. The summed E-state index contributed by atoms with van der Waals surface area (Å²) in [6, 6.07) is 14.6. The molecule has 0 aliphatic rings. The molecule has 3 N–H and O–H groups in total. The highest BCUT2D eigenvalue weighted by molar-refractivity contribution is 5.93. The number of hydrogen-bond acceptors (Lipinski definition) is 2. The number of fused-ring (bicyclic) bond motifs is 1. The summed E-state index contributed by atoms with van der Waals surface area (Å²) in [6.45, 7) is 1.47. The van der Waals surface area contributed by atoms with Gasteiger partial charge in [0.05, 0.1) is 0 Å². The quantitative estimate of drug-likeness (QED) is 0.714. The average molecular weight is 222 g/mol. The highest BCUT2D eigenvalue weighted by Gasteiger charge is 1.97. The van der Waals surface area contributed by atoms with Gasteiger partial charge in [-0.15, -0.1) is 0 Å². The van der Waals surface area contributed by atoms with Gasteiger partial charge < -0.3 is 23.5 Å². The van der Waals surface area contributed by atoms with Crippen LogP contribution in [0.3, 0.4) is 0 Å². The van der Waals surface area contributed by atoms with Crippen molar-refractivity contribution in [2.45, 2.75) is 0 Å². The van der Waals surface area contributed by atoms with E-state index in [4.69, 9.17) is 5.73 Å². The van der Waals surface area contributed by atoms with Crippen molar-refractivity contribution >= 4 is 16.5 Å². The molecule has 0 unspecified atom stereocenters. The molecule has 3 heteroatoms. The number of nitrogens with two attached hydrogens (primary N) is 1. The van der Waals surface area contributed by atoms with Gasteiger partial charge in [0.15, 0.2) is 0 Å². The monoisotopic (exact) mass is 221 g/mol. The van der Waals surface area contributed by atoms with E-state index < -0.39 is 0 Å². The standard InChI is InChI=1S/C12H14N2.ClH/c13-8-9-14-12-7-3-5-10-4-1-2-6-11(10)12;/h1-7,14H,8-9,13H2;1H/p-1. The fourth-order valence-corrected chi connectivity index (χ4v) is 1.59. The lowest BCUT2D eigenvalue weighted by Gasteiger charge is -2.08. The highest BCUT2D eigenvalue weighted by atomic mass is 35.5. The molecule has 15 heavy (non-hydrogen) atoms. The van der Waals surface area contributed by atoms with E-state index in [9.17, 15) is 0 Å². The molecule has 0 bridgehead atoms. The van der Waals surface area contributed by atoms with Gasteiger partial charge in [-0.3, -0.25) is 0 Å². The van der Waals surface area contributed by atoms with Gasteiger partial charge in [0.25, 0.3) is 0 Å². The normalized spacial score (nSPS) is 9.67. The molecule has 0 saturated carbocycles. The maximum absolute atomic E-state index is 5.46. The van der Waals surface area contributed by atoms with Crippen LogP contribution in [-0.4, -0.2) is 13.1 Å². The Morgan fingerprint density at radius 2 is 1.73 bits per heavy atom. The van der Waals surface area contributed by atoms with Crippen LogP contribution in [0.2, 0.25) is 0 Å². The molecule has 0 radical (unpaired) electrons. The summed E-state index contributed by atoms with van der Waals surface area (Å²) >= 11 is 0. The summed E-state index contributed by atoms with van der Waals surface area (Å²) in [5, 5.41) is 5.82. The Kier molecular flexibility index (Phi) is 4.40. The Bertz CT molecular complexity index is 423. The number of nitrogens with one attached hydrogen (secondary N) is 1. The molecule has 0 aliphatic heterocycles. The zero-order valence-corrected chi connectivity index (χ0v) is 9.17. The molecule has 0 heterocycles. The molecule has 0 atom stereocenters. The van der Waals surface area contributed by atoms with Crippen LogP contribution in [0.1, 0.15) is 0 Å². The second-order valence-corrected chi connectivity index (χ2v) is 3.24. The van der Waals surface area contributed by atoms with E-state index in [1.54, 1.807) is 0 Å². The smallest absolute Gasteiger partial charge is 0.0420 e. The van der Waals surface area contributed by atoms with Gasteiger partial charge in [-0.1, -0.05) is 36.4 Å². The molecular weight excluding hydrogens is 208 g/mol. The first-order chi connectivity index (χ1) is 6.92. The Labute approximate surface area is 95.9 Å². The van der Waals surface area contributed by atoms with Crippen LogP contribution in [0, 0.1) is 0 Å². The second kappa shape index (κ2) is 5.59. The summed E-state index contributed by atoms with van der Waals surface area (Å²) < 4.78 is 0. The number of halogens is 1. The van der Waals surface area contributed by atoms with Crippen LogP contribution < -0.4 is 23.5 Å². The van der Waals surface area contributed by atoms with Gasteiger partial charge in [0, 0.05) is 24.2 Å². The summed E-state index contributed by atoms with van der Waals surface area (Å²) in [5.41, 5.74) is 6.62. The van der Waals surface area contributed by atoms with Gasteiger partial charge in [-0.05, 0) is 11.5 Å². The van der Waals surface area contributed by atoms with Crippen LogP contribution >= 0.6 is 0 Å². The van der Waals surface area contributed by atoms with Crippen molar-refractivity contribution in [3.8, 4) is 0 Å². The van der Waals surface area contributed by atoms with Crippen LogP contribution in [0.15, 0.2) is 42.5 Å². The third-order valence-electron chi connectivity index (χ3n) is 2.25. The van der Waals surface area contributed by atoms with E-state index in [0.717, 1.165) is 12.2 Å². The predicted molar refractivity (Wildman–Crippen MR) is 61.5 cm³/mol. The third kappa shape index (κ3) is 2.61. The molecular formula is C12H14ClN2-. The van der Waals surface area contributed by atoms with E-state index in [1.807, 2.05) is 0 Å². The summed E-state index contributed by atoms with van der Waals surface area (Å²) in [5.74, 6) is 0. The predicted octanol–water partition coefficient (Wildman–Crippen LogP) is -0.786. The minimum Gasteiger partial charge on any atom is -1.00 e. The van der Waals surface area contributed by atoms with Crippen molar-refractivity contribution in [3.63, 3.8) is 0 Å². The molecule has 2 aromatic carbocycles. The molecule has 2 nitrogen and oxygen atoms in total. The number of hydrogen-bond donors (Lipinski definition) is 2. The van der Waals surface area contributed by atoms with Crippen molar-refractivity contribution in [1.82, 2.24) is 0 Å². The van der Waals surface area contributed by atoms with Crippen molar-refractivity contribution in [1.29, 1.82) is 0 Å². The molecule has 0 aliphatic carbocycles. The largest absolute Gasteiger partial charge is 1.00 e. The molecule has 0 saturated heterocycles. The number of benzene rings is 2. The van der Waals surface area contributed by atoms with Gasteiger partial charge in [0.1, 0.15) is 0 Å². The van der Waals surface area contributed by atoms with Gasteiger partial charge in [0.2, 0.25) is 0 Å². The first-order valence-electron chi connectivity index (χ1n) is 4.83. The van der Waals surface area contributed by atoms with Crippen molar-refractivity contribution < 1.29 is 12.4 Å². The topological polar surface area (TPSA) is 38.0 Å². The lowest BCUT2D eigenvalue weighted by atomic mass is 10.1. The van der Waals surface area contributed by atoms with Gasteiger partial charge in [-0.25, -0.2) is 0 Å². The van der Waals surface area contributed by atoms with Crippen molar-refractivity contribution in [3.05, 3.63) is 42.5 Å². The molecule has 80 valence electrons.